The van der Waals surface area contributed by atoms with Crippen molar-refractivity contribution in [3.05, 3.63) is 47.0 Å². The van der Waals surface area contributed by atoms with Crippen LogP contribution in [0, 0.1) is 6.92 Å². The van der Waals surface area contributed by atoms with E-state index < -0.39 is 18.5 Å². The first-order valence-electron chi connectivity index (χ1n) is 9.89. The first-order valence-corrected chi connectivity index (χ1v) is 11.1. The number of carbonyl (C=O) groups is 3. The van der Waals surface area contributed by atoms with Crippen molar-refractivity contribution in [3.8, 4) is 5.75 Å². The summed E-state index contributed by atoms with van der Waals surface area (Å²) in [5, 5.41) is 6.22. The number of ether oxygens (including phenoxy) is 2. The van der Waals surface area contributed by atoms with Crippen LogP contribution in [-0.2, 0) is 19.1 Å². The molecule has 0 radical (unpaired) electrons. The van der Waals surface area contributed by atoms with Crippen LogP contribution in [0.5, 0.6) is 5.75 Å². The number of halogens is 1. The standard InChI is InChI=1S/C22H22ClN3O5S/c1-3-30-15-6-7-17-18(11-15)32-22(25-17)26-19(27)8-9-21(29)31-12-20(28)24-14-5-4-13(2)16(23)10-14/h4-7,10-11H,3,8-9,12H2,1-2H3,(H,24,28)(H,25,26,27). The van der Waals surface area contributed by atoms with Gasteiger partial charge in [-0.2, -0.15) is 0 Å². The average molecular weight is 476 g/mol. The molecule has 0 spiro atoms. The number of aryl methyl sites for hydroxylation is 1. The van der Waals surface area contributed by atoms with Crippen molar-refractivity contribution in [2.24, 2.45) is 0 Å². The van der Waals surface area contributed by atoms with Gasteiger partial charge >= 0.3 is 5.97 Å². The highest BCUT2D eigenvalue weighted by molar-refractivity contribution is 7.22. The number of amides is 2. The molecule has 1 aromatic heterocycles. The molecule has 2 N–H and O–H groups in total. The van der Waals surface area contributed by atoms with Crippen molar-refractivity contribution in [1.29, 1.82) is 0 Å². The van der Waals surface area contributed by atoms with E-state index in [0.29, 0.717) is 22.4 Å². The molecule has 3 rings (SSSR count). The Morgan fingerprint density at radius 2 is 1.88 bits per heavy atom. The van der Waals surface area contributed by atoms with E-state index in [-0.39, 0.29) is 18.7 Å². The summed E-state index contributed by atoms with van der Waals surface area (Å²) in [5.74, 6) is -0.782. The van der Waals surface area contributed by atoms with Gasteiger partial charge < -0.3 is 20.1 Å². The van der Waals surface area contributed by atoms with E-state index >= 15 is 0 Å². The molecule has 2 amide bonds. The quantitative estimate of drug-likeness (QED) is 0.439. The van der Waals surface area contributed by atoms with Crippen LogP contribution in [0.4, 0.5) is 10.8 Å². The predicted octanol–water partition coefficient (Wildman–Crippen LogP) is 4.56. The summed E-state index contributed by atoms with van der Waals surface area (Å²) in [7, 11) is 0. The van der Waals surface area contributed by atoms with Crippen LogP contribution in [0.25, 0.3) is 10.2 Å². The number of esters is 1. The van der Waals surface area contributed by atoms with Crippen LogP contribution in [0.15, 0.2) is 36.4 Å². The third-order valence-corrected chi connectivity index (χ3v) is 5.63. The van der Waals surface area contributed by atoms with E-state index in [9.17, 15) is 14.4 Å². The Kier molecular flexibility index (Phi) is 8.02. The third-order valence-electron chi connectivity index (χ3n) is 4.29. The van der Waals surface area contributed by atoms with Crippen molar-refractivity contribution in [3.63, 3.8) is 0 Å². The summed E-state index contributed by atoms with van der Waals surface area (Å²) >= 11 is 7.33. The number of benzene rings is 2. The number of hydrogen-bond donors (Lipinski definition) is 2. The van der Waals surface area contributed by atoms with E-state index in [1.165, 1.54) is 11.3 Å². The summed E-state index contributed by atoms with van der Waals surface area (Å²) < 4.78 is 11.3. The molecular formula is C22H22ClN3O5S. The monoisotopic (exact) mass is 475 g/mol. The molecule has 0 unspecified atom stereocenters. The number of fused-ring (bicyclic) bond motifs is 1. The minimum absolute atomic E-state index is 0.0891. The molecule has 0 aliphatic rings. The first-order chi connectivity index (χ1) is 15.3. The maximum Gasteiger partial charge on any atom is 0.306 e. The van der Waals surface area contributed by atoms with Gasteiger partial charge in [-0.3, -0.25) is 14.4 Å². The van der Waals surface area contributed by atoms with E-state index in [2.05, 4.69) is 15.6 Å². The normalized spacial score (nSPS) is 10.6. The van der Waals surface area contributed by atoms with Crippen molar-refractivity contribution in [1.82, 2.24) is 4.98 Å². The van der Waals surface area contributed by atoms with Gasteiger partial charge in [-0.15, -0.1) is 0 Å². The van der Waals surface area contributed by atoms with Crippen LogP contribution >= 0.6 is 22.9 Å². The lowest BCUT2D eigenvalue weighted by molar-refractivity contribution is -0.147. The molecule has 168 valence electrons. The van der Waals surface area contributed by atoms with E-state index in [4.69, 9.17) is 21.1 Å². The van der Waals surface area contributed by atoms with Gasteiger partial charge in [0.2, 0.25) is 5.91 Å². The Balaban J connectivity index is 1.41. The zero-order valence-corrected chi connectivity index (χ0v) is 19.1. The van der Waals surface area contributed by atoms with E-state index in [1.54, 1.807) is 18.2 Å². The third kappa shape index (κ3) is 6.66. The number of carbonyl (C=O) groups excluding carboxylic acids is 3. The summed E-state index contributed by atoms with van der Waals surface area (Å²) in [6.45, 7) is 3.86. The van der Waals surface area contributed by atoms with Gasteiger partial charge in [0.05, 0.1) is 23.2 Å². The number of thiazole rings is 1. The molecule has 8 nitrogen and oxygen atoms in total. The molecule has 0 saturated heterocycles. The van der Waals surface area contributed by atoms with Crippen molar-refractivity contribution < 1.29 is 23.9 Å². The van der Waals surface area contributed by atoms with Crippen molar-refractivity contribution >= 4 is 61.8 Å². The number of rotatable bonds is 9. The van der Waals surface area contributed by atoms with Gasteiger partial charge in [-0.1, -0.05) is 29.0 Å². The second-order valence-electron chi connectivity index (χ2n) is 6.80. The van der Waals surface area contributed by atoms with Gasteiger partial charge in [0.25, 0.3) is 5.91 Å². The van der Waals surface area contributed by atoms with Gasteiger partial charge in [-0.25, -0.2) is 4.98 Å². The smallest absolute Gasteiger partial charge is 0.306 e. The Labute approximate surface area is 193 Å². The molecule has 32 heavy (non-hydrogen) atoms. The summed E-state index contributed by atoms with van der Waals surface area (Å²) in [4.78, 5) is 40.3. The highest BCUT2D eigenvalue weighted by Crippen LogP contribution is 2.29. The topological polar surface area (TPSA) is 107 Å². The lowest BCUT2D eigenvalue weighted by Crippen LogP contribution is -2.21. The zero-order valence-electron chi connectivity index (χ0n) is 17.6. The van der Waals surface area contributed by atoms with Crippen LogP contribution in [-0.4, -0.2) is 36.0 Å². The van der Waals surface area contributed by atoms with Crippen LogP contribution in [0.3, 0.4) is 0 Å². The Morgan fingerprint density at radius 3 is 2.62 bits per heavy atom. The highest BCUT2D eigenvalue weighted by Gasteiger charge is 2.13. The number of anilines is 2. The summed E-state index contributed by atoms with van der Waals surface area (Å²) in [6, 6.07) is 10.6. The molecule has 2 aromatic carbocycles. The fourth-order valence-corrected chi connectivity index (χ4v) is 3.79. The molecule has 0 bridgehead atoms. The van der Waals surface area contributed by atoms with Crippen molar-refractivity contribution in [2.45, 2.75) is 26.7 Å². The van der Waals surface area contributed by atoms with Gasteiger partial charge in [0.15, 0.2) is 11.7 Å². The number of nitrogens with zero attached hydrogens (tertiary/aromatic N) is 1. The Morgan fingerprint density at radius 1 is 1.06 bits per heavy atom. The Bertz CT molecular complexity index is 1150. The number of aromatic nitrogens is 1. The number of hydrogen-bond acceptors (Lipinski definition) is 7. The maximum atomic E-state index is 12.1. The van der Waals surface area contributed by atoms with Crippen LogP contribution in [0.2, 0.25) is 5.02 Å². The lowest BCUT2D eigenvalue weighted by atomic mass is 10.2. The van der Waals surface area contributed by atoms with Gasteiger partial charge in [0.1, 0.15) is 5.75 Å². The van der Waals surface area contributed by atoms with Crippen molar-refractivity contribution in [2.75, 3.05) is 23.8 Å². The predicted molar refractivity (Wildman–Crippen MR) is 124 cm³/mol. The van der Waals surface area contributed by atoms with E-state index in [0.717, 1.165) is 21.5 Å². The highest BCUT2D eigenvalue weighted by atomic mass is 35.5. The van der Waals surface area contributed by atoms with Crippen LogP contribution < -0.4 is 15.4 Å². The molecular weight excluding hydrogens is 454 g/mol. The lowest BCUT2D eigenvalue weighted by Gasteiger charge is -2.08. The minimum Gasteiger partial charge on any atom is -0.494 e. The molecule has 0 saturated carbocycles. The molecule has 3 aromatic rings. The van der Waals surface area contributed by atoms with Gasteiger partial charge in [-0.05, 0) is 49.7 Å². The average Bonchev–Trinajstić information content (AvgIpc) is 3.15. The molecule has 0 aliphatic heterocycles. The zero-order chi connectivity index (χ0) is 23.1. The fourth-order valence-electron chi connectivity index (χ4n) is 2.70. The molecule has 0 aliphatic carbocycles. The molecule has 0 fully saturated rings. The second-order valence-corrected chi connectivity index (χ2v) is 8.24. The summed E-state index contributed by atoms with van der Waals surface area (Å²) in [6.07, 6.45) is -0.247. The maximum absolute atomic E-state index is 12.1. The number of nitrogens with one attached hydrogen (secondary N) is 2. The fraction of sp³-hybridized carbons (Fsp3) is 0.273. The Hall–Kier alpha value is -3.17. The van der Waals surface area contributed by atoms with E-state index in [1.807, 2.05) is 32.0 Å². The largest absolute Gasteiger partial charge is 0.494 e. The SMILES string of the molecule is CCOc1ccc2nc(NC(=O)CCC(=O)OCC(=O)Nc3ccc(C)c(Cl)c3)sc2c1. The summed E-state index contributed by atoms with van der Waals surface area (Å²) in [5.41, 5.74) is 2.13. The van der Waals surface area contributed by atoms with Gasteiger partial charge in [0, 0.05) is 17.1 Å². The molecule has 10 heteroatoms. The first kappa shape index (κ1) is 23.5. The molecule has 1 heterocycles. The minimum atomic E-state index is -0.650. The molecule has 0 atom stereocenters. The second kappa shape index (κ2) is 10.9. The van der Waals surface area contributed by atoms with Crippen LogP contribution in [0.1, 0.15) is 25.3 Å².